The maximum atomic E-state index is 16.4. The molecule has 11 heteroatoms. The molecule has 1 aromatic carbocycles. The summed E-state index contributed by atoms with van der Waals surface area (Å²) in [5.74, 6) is 4.03. The Kier molecular flexibility index (Phi) is 6.43. The van der Waals surface area contributed by atoms with Crippen LogP contribution in [0.3, 0.4) is 0 Å². The molecular formula is C30H31F3N6O2. The molecule has 214 valence electrons. The van der Waals surface area contributed by atoms with Crippen LogP contribution in [0.15, 0.2) is 18.2 Å². The van der Waals surface area contributed by atoms with Gasteiger partial charge in [-0.3, -0.25) is 4.90 Å². The highest BCUT2D eigenvalue weighted by Crippen LogP contribution is 2.42. The molecule has 0 radical (unpaired) electrons. The Morgan fingerprint density at radius 1 is 1.15 bits per heavy atom. The third kappa shape index (κ3) is 4.44. The summed E-state index contributed by atoms with van der Waals surface area (Å²) in [6.45, 7) is 4.31. The zero-order valence-corrected chi connectivity index (χ0v) is 22.8. The SMILES string of the molecule is CC#Cc1nc(-c2c(O)cccc2F)c(F)c2nc(OC[C@@]34CCCN3C[C@H](F)C4)nc(N3C[C@H]4CC[C@@H](C3)N4)c12. The predicted octanol–water partition coefficient (Wildman–Crippen LogP) is 3.94. The van der Waals surface area contributed by atoms with Crippen molar-refractivity contribution in [3.63, 3.8) is 0 Å². The number of aromatic nitrogens is 3. The third-order valence-electron chi connectivity index (χ3n) is 8.96. The normalized spacial score (nSPS) is 27.2. The Bertz CT molecular complexity index is 1560. The van der Waals surface area contributed by atoms with E-state index in [4.69, 9.17) is 9.72 Å². The first-order valence-corrected chi connectivity index (χ1v) is 14.2. The van der Waals surface area contributed by atoms with Crippen LogP contribution in [-0.4, -0.2) is 81.5 Å². The number of rotatable bonds is 5. The number of phenols is 1. The van der Waals surface area contributed by atoms with Gasteiger partial charge in [0, 0.05) is 38.1 Å². The van der Waals surface area contributed by atoms with Crippen LogP contribution in [0, 0.1) is 23.5 Å². The van der Waals surface area contributed by atoms with Crippen LogP contribution in [0.2, 0.25) is 0 Å². The first-order valence-electron chi connectivity index (χ1n) is 14.2. The fourth-order valence-corrected chi connectivity index (χ4v) is 7.17. The van der Waals surface area contributed by atoms with Gasteiger partial charge in [0.15, 0.2) is 5.82 Å². The van der Waals surface area contributed by atoms with E-state index in [1.54, 1.807) is 6.92 Å². The molecule has 8 nitrogen and oxygen atoms in total. The van der Waals surface area contributed by atoms with Gasteiger partial charge >= 0.3 is 6.01 Å². The minimum absolute atomic E-state index is 0.0360. The lowest BCUT2D eigenvalue weighted by atomic mass is 9.95. The fourth-order valence-electron chi connectivity index (χ4n) is 7.17. The number of nitrogens with zero attached hydrogens (tertiary/aromatic N) is 5. The molecule has 41 heavy (non-hydrogen) atoms. The highest BCUT2D eigenvalue weighted by molar-refractivity contribution is 5.97. The summed E-state index contributed by atoms with van der Waals surface area (Å²) in [5.41, 5.74) is -1.12. The number of anilines is 1. The molecule has 2 N–H and O–H groups in total. The van der Waals surface area contributed by atoms with Crippen molar-refractivity contribution in [2.45, 2.75) is 62.8 Å². The van der Waals surface area contributed by atoms with E-state index in [9.17, 15) is 13.9 Å². The van der Waals surface area contributed by atoms with Gasteiger partial charge in [0.05, 0.1) is 16.5 Å². The van der Waals surface area contributed by atoms with E-state index < -0.39 is 34.8 Å². The Morgan fingerprint density at radius 2 is 1.95 bits per heavy atom. The van der Waals surface area contributed by atoms with E-state index in [1.807, 2.05) is 0 Å². The minimum Gasteiger partial charge on any atom is -0.507 e. The monoisotopic (exact) mass is 564 g/mol. The lowest BCUT2D eigenvalue weighted by Gasteiger charge is -2.34. The second-order valence-corrected chi connectivity index (χ2v) is 11.6. The molecule has 0 amide bonds. The van der Waals surface area contributed by atoms with Gasteiger partial charge in [-0.25, -0.2) is 18.2 Å². The number of hydrogen-bond donors (Lipinski definition) is 2. The van der Waals surface area contributed by atoms with Crippen molar-refractivity contribution in [2.24, 2.45) is 0 Å². The molecule has 2 bridgehead atoms. The summed E-state index contributed by atoms with van der Waals surface area (Å²) >= 11 is 0. The fraction of sp³-hybridized carbons (Fsp3) is 0.500. The molecule has 2 aromatic heterocycles. The summed E-state index contributed by atoms with van der Waals surface area (Å²) in [6.07, 6.45) is 3.28. The maximum absolute atomic E-state index is 16.4. The van der Waals surface area contributed by atoms with Gasteiger partial charge in [0.1, 0.15) is 47.1 Å². The molecule has 3 aromatic rings. The van der Waals surface area contributed by atoms with Crippen LogP contribution in [0.1, 0.15) is 44.7 Å². The molecule has 0 aliphatic carbocycles. The van der Waals surface area contributed by atoms with Crippen molar-refractivity contribution < 1.29 is 23.0 Å². The van der Waals surface area contributed by atoms with Gasteiger partial charge in [-0.2, -0.15) is 9.97 Å². The average molecular weight is 565 g/mol. The Balaban J connectivity index is 1.39. The van der Waals surface area contributed by atoms with Crippen molar-refractivity contribution in [3.05, 3.63) is 35.5 Å². The minimum atomic E-state index is -0.919. The summed E-state index contributed by atoms with van der Waals surface area (Å²) < 4.78 is 51.9. The van der Waals surface area contributed by atoms with E-state index in [2.05, 4.69) is 36.9 Å². The van der Waals surface area contributed by atoms with Crippen LogP contribution in [0.5, 0.6) is 11.8 Å². The summed E-state index contributed by atoms with van der Waals surface area (Å²) in [6, 6.07) is 4.24. The Hall–Kier alpha value is -3.62. The van der Waals surface area contributed by atoms with Gasteiger partial charge < -0.3 is 20.1 Å². The molecule has 7 rings (SSSR count). The summed E-state index contributed by atoms with van der Waals surface area (Å²) in [4.78, 5) is 17.9. The zero-order valence-electron chi connectivity index (χ0n) is 22.8. The maximum Gasteiger partial charge on any atom is 0.319 e. The molecule has 4 saturated heterocycles. The second kappa shape index (κ2) is 10.0. The number of benzene rings is 1. The quantitative estimate of drug-likeness (QED) is 0.451. The van der Waals surface area contributed by atoms with E-state index in [0.29, 0.717) is 37.3 Å². The van der Waals surface area contributed by atoms with Crippen molar-refractivity contribution in [3.8, 4) is 34.9 Å². The Morgan fingerprint density at radius 3 is 2.71 bits per heavy atom. The molecule has 0 saturated carbocycles. The Labute approximate surface area is 235 Å². The van der Waals surface area contributed by atoms with E-state index in [1.165, 1.54) is 12.1 Å². The molecule has 4 fully saturated rings. The zero-order chi connectivity index (χ0) is 28.3. The van der Waals surface area contributed by atoms with Gasteiger partial charge in [-0.15, -0.1) is 0 Å². The highest BCUT2D eigenvalue weighted by Gasteiger charge is 2.49. The van der Waals surface area contributed by atoms with Crippen LogP contribution in [0.25, 0.3) is 22.2 Å². The number of aromatic hydroxyl groups is 1. The van der Waals surface area contributed by atoms with Gasteiger partial charge in [-0.1, -0.05) is 12.0 Å². The molecule has 4 aliphatic heterocycles. The number of nitrogens with one attached hydrogen (secondary N) is 1. The van der Waals surface area contributed by atoms with Gasteiger partial charge in [0.2, 0.25) is 0 Å². The van der Waals surface area contributed by atoms with Gasteiger partial charge in [-0.05, 0) is 57.2 Å². The third-order valence-corrected chi connectivity index (χ3v) is 8.96. The second-order valence-electron chi connectivity index (χ2n) is 11.6. The van der Waals surface area contributed by atoms with Crippen LogP contribution < -0.4 is 15.0 Å². The number of fused-ring (bicyclic) bond motifs is 4. The lowest BCUT2D eigenvalue weighted by molar-refractivity contribution is 0.107. The number of alkyl halides is 1. The number of ether oxygens (including phenoxy) is 1. The van der Waals surface area contributed by atoms with Crippen molar-refractivity contribution in [1.29, 1.82) is 0 Å². The lowest BCUT2D eigenvalue weighted by Crippen LogP contribution is -2.51. The standard InChI is InChI=1S/C30H31F3N6O2/c1-2-5-21-24-27(25(33)26(35-21)23-20(32)6-3-7-22(23)40)36-29(37-28(24)38-14-18-8-9-19(15-38)34-18)41-16-30-10-4-11-39(30)13-17(31)12-30/h3,6-7,17-19,34,40H,4,8-16H2,1H3/t17-,18-,19+,30+/m1/s1. The van der Waals surface area contributed by atoms with E-state index in [-0.39, 0.29) is 41.5 Å². The van der Waals surface area contributed by atoms with Crippen LogP contribution in [0.4, 0.5) is 19.0 Å². The van der Waals surface area contributed by atoms with Crippen molar-refractivity contribution >= 4 is 16.7 Å². The number of pyridine rings is 1. The number of halogens is 3. The number of hydrogen-bond acceptors (Lipinski definition) is 8. The number of phenolic OH excluding ortho intramolecular Hbond substituents is 1. The molecule has 4 atom stereocenters. The van der Waals surface area contributed by atoms with Crippen LogP contribution >= 0.6 is 0 Å². The smallest absolute Gasteiger partial charge is 0.319 e. The molecule has 0 unspecified atom stereocenters. The van der Waals surface area contributed by atoms with E-state index >= 15 is 4.39 Å². The molecular weight excluding hydrogens is 533 g/mol. The van der Waals surface area contributed by atoms with E-state index in [0.717, 1.165) is 38.3 Å². The topological polar surface area (TPSA) is 86.6 Å². The first kappa shape index (κ1) is 26.3. The summed E-state index contributed by atoms with van der Waals surface area (Å²) in [7, 11) is 0. The van der Waals surface area contributed by atoms with Crippen LogP contribution in [-0.2, 0) is 0 Å². The summed E-state index contributed by atoms with van der Waals surface area (Å²) in [5, 5.41) is 14.4. The molecule has 0 spiro atoms. The van der Waals surface area contributed by atoms with Crippen molar-refractivity contribution in [2.75, 3.05) is 37.7 Å². The highest BCUT2D eigenvalue weighted by atomic mass is 19.1. The average Bonchev–Trinajstić information content (AvgIpc) is 3.59. The predicted molar refractivity (Wildman–Crippen MR) is 148 cm³/mol. The first-order chi connectivity index (χ1) is 19.8. The molecule has 4 aliphatic rings. The van der Waals surface area contributed by atoms with Crippen molar-refractivity contribution in [1.82, 2.24) is 25.2 Å². The number of piperazine rings is 1. The van der Waals surface area contributed by atoms with Gasteiger partial charge in [0.25, 0.3) is 0 Å². The molecule has 6 heterocycles. The largest absolute Gasteiger partial charge is 0.507 e.